The van der Waals surface area contributed by atoms with Crippen LogP contribution in [0.25, 0.3) is 0 Å². The van der Waals surface area contributed by atoms with Crippen molar-refractivity contribution >= 4 is 11.8 Å². The van der Waals surface area contributed by atoms with Gasteiger partial charge in [-0.1, -0.05) is 13.8 Å². The zero-order valence-electron chi connectivity index (χ0n) is 12.4. The van der Waals surface area contributed by atoms with Crippen LogP contribution in [0.4, 0.5) is 0 Å². The molecule has 1 heterocycles. The number of likely N-dealkylation sites (N-methyl/N-ethyl adjacent to an activating group) is 1. The molecule has 0 atom stereocenters. The maximum atomic E-state index is 12.0. The quantitative estimate of drug-likeness (QED) is 0.796. The lowest BCUT2D eigenvalue weighted by Crippen LogP contribution is -2.44. The topological polar surface area (TPSA) is 62.3 Å². The molecule has 0 aliphatic rings. The summed E-state index contributed by atoms with van der Waals surface area (Å²) in [5.74, 6) is -0.642. The molecule has 0 saturated heterocycles. The second-order valence-corrected chi connectivity index (χ2v) is 5.09. The fourth-order valence-electron chi connectivity index (χ4n) is 1.73. The van der Waals surface area contributed by atoms with Crippen LogP contribution in [0.3, 0.4) is 0 Å². The number of nitrogens with one attached hydrogen (secondary N) is 1. The first-order valence-electron chi connectivity index (χ1n) is 7.00. The predicted molar refractivity (Wildman–Crippen MR) is 78.0 cm³/mol. The molecule has 5 heteroatoms. The minimum Gasteiger partial charge on any atom is -0.348 e. The normalized spacial score (nSPS) is 10.4. The molecule has 0 aliphatic carbocycles. The molecule has 110 valence electrons. The highest BCUT2D eigenvalue weighted by Crippen LogP contribution is 2.01. The number of amides is 2. The molecule has 5 nitrogen and oxygen atoms in total. The lowest BCUT2D eigenvalue weighted by molar-refractivity contribution is -0.145. The maximum Gasteiger partial charge on any atom is 0.311 e. The van der Waals surface area contributed by atoms with Gasteiger partial charge in [-0.25, -0.2) is 0 Å². The van der Waals surface area contributed by atoms with Gasteiger partial charge in [0.2, 0.25) is 0 Å². The van der Waals surface area contributed by atoms with Crippen LogP contribution >= 0.6 is 0 Å². The van der Waals surface area contributed by atoms with Gasteiger partial charge in [0.05, 0.1) is 0 Å². The van der Waals surface area contributed by atoms with Crippen LogP contribution in [0.1, 0.15) is 26.3 Å². The van der Waals surface area contributed by atoms with Crippen LogP contribution in [-0.4, -0.2) is 41.3 Å². The Morgan fingerprint density at radius 2 is 1.95 bits per heavy atom. The van der Waals surface area contributed by atoms with Crippen molar-refractivity contribution in [1.29, 1.82) is 0 Å². The van der Waals surface area contributed by atoms with Gasteiger partial charge >= 0.3 is 11.8 Å². The summed E-state index contributed by atoms with van der Waals surface area (Å²) in [6.45, 7) is 7.44. The van der Waals surface area contributed by atoms with Crippen LogP contribution in [0.5, 0.6) is 0 Å². The van der Waals surface area contributed by atoms with Crippen LogP contribution in [-0.2, 0) is 16.0 Å². The summed E-state index contributed by atoms with van der Waals surface area (Å²) in [6.07, 6.45) is 4.17. The summed E-state index contributed by atoms with van der Waals surface area (Å²) < 4.78 is 0. The number of hydrogen-bond acceptors (Lipinski definition) is 3. The highest BCUT2D eigenvalue weighted by atomic mass is 16.2. The van der Waals surface area contributed by atoms with Gasteiger partial charge in [-0.2, -0.15) is 0 Å². The molecule has 0 radical (unpaired) electrons. The van der Waals surface area contributed by atoms with E-state index >= 15 is 0 Å². The van der Waals surface area contributed by atoms with E-state index in [1.165, 1.54) is 0 Å². The van der Waals surface area contributed by atoms with E-state index in [4.69, 9.17) is 0 Å². The van der Waals surface area contributed by atoms with Gasteiger partial charge in [0.25, 0.3) is 0 Å². The highest BCUT2D eigenvalue weighted by molar-refractivity contribution is 6.35. The summed E-state index contributed by atoms with van der Waals surface area (Å²) in [5, 5.41) is 2.65. The van der Waals surface area contributed by atoms with Gasteiger partial charge in [-0.05, 0) is 37.0 Å². The molecular formula is C15H23N3O2. The second kappa shape index (κ2) is 8.30. The Bertz CT molecular complexity index is 432. The van der Waals surface area contributed by atoms with Crippen LogP contribution in [0.15, 0.2) is 24.5 Å². The van der Waals surface area contributed by atoms with Gasteiger partial charge in [-0.3, -0.25) is 14.6 Å². The van der Waals surface area contributed by atoms with Crippen molar-refractivity contribution in [2.45, 2.75) is 27.2 Å². The van der Waals surface area contributed by atoms with Gasteiger partial charge in [0, 0.05) is 32.0 Å². The molecular weight excluding hydrogens is 254 g/mol. The minimum atomic E-state index is -0.518. The number of hydrogen-bond donors (Lipinski definition) is 1. The van der Waals surface area contributed by atoms with Gasteiger partial charge < -0.3 is 10.2 Å². The highest BCUT2D eigenvalue weighted by Gasteiger charge is 2.20. The molecule has 1 N–H and O–H groups in total. The lowest BCUT2D eigenvalue weighted by Gasteiger charge is -2.20. The number of nitrogens with zero attached hydrogens (tertiary/aromatic N) is 2. The number of carbonyl (C=O) groups is 2. The Morgan fingerprint density at radius 3 is 2.50 bits per heavy atom. The smallest absolute Gasteiger partial charge is 0.311 e. The van der Waals surface area contributed by atoms with E-state index in [9.17, 15) is 9.59 Å². The largest absolute Gasteiger partial charge is 0.348 e. The molecule has 0 aromatic carbocycles. The average Bonchev–Trinajstić information content (AvgIpc) is 2.46. The fraction of sp³-hybridized carbons (Fsp3) is 0.533. The average molecular weight is 277 g/mol. The molecule has 0 spiro atoms. The first-order valence-corrected chi connectivity index (χ1v) is 7.00. The van der Waals surface area contributed by atoms with Crippen molar-refractivity contribution in [2.75, 3.05) is 19.6 Å². The first kappa shape index (κ1) is 16.1. The third-order valence-electron chi connectivity index (χ3n) is 2.95. The third-order valence-corrected chi connectivity index (χ3v) is 2.95. The van der Waals surface area contributed by atoms with E-state index in [-0.39, 0.29) is 0 Å². The van der Waals surface area contributed by atoms with E-state index in [0.29, 0.717) is 25.6 Å². The van der Waals surface area contributed by atoms with Crippen LogP contribution in [0, 0.1) is 5.92 Å². The number of pyridine rings is 1. The fourth-order valence-corrected chi connectivity index (χ4v) is 1.73. The third kappa shape index (κ3) is 5.38. The molecule has 2 amide bonds. The maximum absolute atomic E-state index is 12.0. The molecule has 0 saturated carbocycles. The number of rotatable bonds is 6. The second-order valence-electron chi connectivity index (χ2n) is 5.09. The van der Waals surface area contributed by atoms with Crippen molar-refractivity contribution in [3.8, 4) is 0 Å². The Labute approximate surface area is 120 Å². The molecule has 20 heavy (non-hydrogen) atoms. The van der Waals surface area contributed by atoms with Crippen molar-refractivity contribution in [3.05, 3.63) is 30.1 Å². The summed E-state index contributed by atoms with van der Waals surface area (Å²) in [6, 6.07) is 3.83. The van der Waals surface area contributed by atoms with Crippen molar-refractivity contribution in [3.63, 3.8) is 0 Å². The SMILES string of the molecule is CCN(CCc1ccncc1)C(=O)C(=O)NCC(C)C. The van der Waals surface area contributed by atoms with Crippen molar-refractivity contribution < 1.29 is 9.59 Å². The van der Waals surface area contributed by atoms with E-state index in [2.05, 4.69) is 10.3 Å². The molecule has 1 aromatic rings. The summed E-state index contributed by atoms with van der Waals surface area (Å²) in [7, 11) is 0. The van der Waals surface area contributed by atoms with Gasteiger partial charge in [-0.15, -0.1) is 0 Å². The van der Waals surface area contributed by atoms with Crippen molar-refractivity contribution in [1.82, 2.24) is 15.2 Å². The van der Waals surface area contributed by atoms with E-state index in [1.807, 2.05) is 32.9 Å². The lowest BCUT2D eigenvalue weighted by atomic mass is 10.2. The molecule has 0 unspecified atom stereocenters. The molecule has 1 aromatic heterocycles. The van der Waals surface area contributed by atoms with E-state index in [1.54, 1.807) is 17.3 Å². The number of carbonyl (C=O) groups excluding carboxylic acids is 2. The Morgan fingerprint density at radius 1 is 1.30 bits per heavy atom. The molecule has 0 fully saturated rings. The monoisotopic (exact) mass is 277 g/mol. The van der Waals surface area contributed by atoms with E-state index < -0.39 is 11.8 Å². The summed E-state index contributed by atoms with van der Waals surface area (Å²) >= 11 is 0. The zero-order valence-corrected chi connectivity index (χ0v) is 12.4. The van der Waals surface area contributed by atoms with E-state index in [0.717, 1.165) is 12.0 Å². The standard InChI is InChI=1S/C15H23N3O2/c1-4-18(10-7-13-5-8-16-9-6-13)15(20)14(19)17-11-12(2)3/h5-6,8-9,12H,4,7,10-11H2,1-3H3,(H,17,19). The van der Waals surface area contributed by atoms with Crippen molar-refractivity contribution in [2.24, 2.45) is 5.92 Å². The van der Waals surface area contributed by atoms with Gasteiger partial charge in [0.1, 0.15) is 0 Å². The Hall–Kier alpha value is -1.91. The predicted octanol–water partition coefficient (Wildman–Crippen LogP) is 1.24. The van der Waals surface area contributed by atoms with Crippen LogP contribution in [0.2, 0.25) is 0 Å². The van der Waals surface area contributed by atoms with Crippen LogP contribution < -0.4 is 5.32 Å². The molecule has 0 aliphatic heterocycles. The molecule has 0 bridgehead atoms. The van der Waals surface area contributed by atoms with Gasteiger partial charge in [0.15, 0.2) is 0 Å². The summed E-state index contributed by atoms with van der Waals surface area (Å²) in [5.41, 5.74) is 1.11. The Kier molecular flexibility index (Phi) is 6.70. The first-order chi connectivity index (χ1) is 9.54. The molecule has 1 rings (SSSR count). The summed E-state index contributed by atoms with van der Waals surface area (Å²) in [4.78, 5) is 29.3. The Balaban J connectivity index is 2.48. The minimum absolute atomic E-state index is 0.332. The number of aromatic nitrogens is 1. The zero-order chi connectivity index (χ0) is 15.0.